The second-order valence-corrected chi connectivity index (χ2v) is 13.1. The van der Waals surface area contributed by atoms with Gasteiger partial charge in [-0.25, -0.2) is 4.85 Å². The quantitative estimate of drug-likeness (QED) is 0.159. The second kappa shape index (κ2) is 12.1. The van der Waals surface area contributed by atoms with Crippen LogP contribution in [0.4, 0.5) is 17.1 Å². The Labute approximate surface area is 249 Å². The maximum absolute atomic E-state index is 7.68. The first-order valence-electron chi connectivity index (χ1n) is 15.6. The third-order valence-corrected chi connectivity index (χ3v) is 10.3. The zero-order valence-electron chi connectivity index (χ0n) is 24.1. The highest BCUT2D eigenvalue weighted by Crippen LogP contribution is 2.45. The van der Waals surface area contributed by atoms with Crippen molar-refractivity contribution in [3.8, 4) is 0 Å². The largest absolute Gasteiger partial charge is 0.371 e. The Hall–Kier alpha value is -2.64. The van der Waals surface area contributed by atoms with E-state index in [1.807, 2.05) is 11.1 Å². The number of halogens is 1. The maximum atomic E-state index is 7.68. The minimum atomic E-state index is -0.179. The number of anilines is 1. The predicted molar refractivity (Wildman–Crippen MR) is 173 cm³/mol. The number of rotatable bonds is 9. The van der Waals surface area contributed by atoms with Gasteiger partial charge in [0, 0.05) is 36.8 Å². The topological polar surface area (TPSA) is 10.6 Å². The van der Waals surface area contributed by atoms with E-state index in [0.29, 0.717) is 0 Å². The van der Waals surface area contributed by atoms with Crippen LogP contribution in [0.1, 0.15) is 93.4 Å². The van der Waals surface area contributed by atoms with Gasteiger partial charge in [0.1, 0.15) is 6.54 Å². The molecular weight excluding hydrogens is 554 g/mol. The average Bonchev–Trinajstić information content (AvgIpc) is 3.58. The lowest BCUT2D eigenvalue weighted by Gasteiger charge is -2.37. The van der Waals surface area contributed by atoms with Crippen LogP contribution in [-0.2, 0) is 18.3 Å². The number of aryl methyl sites for hydroxylation is 2. The fraction of sp³-hybridized carbons (Fsp3) is 0.500. The zero-order valence-corrected chi connectivity index (χ0v) is 25.7. The molecule has 40 heavy (non-hydrogen) atoms. The highest BCUT2D eigenvalue weighted by atomic mass is 79.9. The Morgan fingerprint density at radius 1 is 1.02 bits per heavy atom. The Balaban J connectivity index is 1.36. The van der Waals surface area contributed by atoms with E-state index in [2.05, 4.69) is 79.7 Å². The van der Waals surface area contributed by atoms with Gasteiger partial charge in [-0.05, 0) is 109 Å². The van der Waals surface area contributed by atoms with Crippen LogP contribution in [0.15, 0.2) is 47.5 Å². The van der Waals surface area contributed by atoms with Gasteiger partial charge in [0.2, 0.25) is 5.69 Å². The molecule has 1 fully saturated rings. The van der Waals surface area contributed by atoms with Crippen molar-refractivity contribution in [3.63, 3.8) is 0 Å². The van der Waals surface area contributed by atoms with E-state index in [9.17, 15) is 0 Å². The van der Waals surface area contributed by atoms with Crippen LogP contribution in [0, 0.1) is 12.5 Å². The molecule has 1 saturated carbocycles. The first-order valence-corrected chi connectivity index (χ1v) is 16.5. The maximum Gasteiger partial charge on any atom is 0.207 e. The van der Waals surface area contributed by atoms with E-state index in [1.165, 1.54) is 106 Å². The van der Waals surface area contributed by atoms with Crippen LogP contribution >= 0.6 is 15.9 Å². The highest BCUT2D eigenvalue weighted by Gasteiger charge is 2.46. The number of fused-ring (bicyclic) bond motifs is 1. The molecule has 1 aliphatic carbocycles. The van der Waals surface area contributed by atoms with Gasteiger partial charge in [0.15, 0.2) is 11.4 Å². The summed E-state index contributed by atoms with van der Waals surface area (Å²) in [5.74, 6) is 0.950. The van der Waals surface area contributed by atoms with Crippen molar-refractivity contribution < 1.29 is 4.58 Å². The number of hydrogen-bond donors (Lipinski definition) is 0. The fourth-order valence-corrected chi connectivity index (χ4v) is 8.14. The van der Waals surface area contributed by atoms with Gasteiger partial charge >= 0.3 is 0 Å². The summed E-state index contributed by atoms with van der Waals surface area (Å²) in [5, 5.41) is 0. The molecule has 3 aliphatic heterocycles. The van der Waals surface area contributed by atoms with Gasteiger partial charge in [-0.15, -0.1) is 0 Å². The summed E-state index contributed by atoms with van der Waals surface area (Å²) in [4.78, 5) is 8.41. The van der Waals surface area contributed by atoms with E-state index >= 15 is 0 Å². The Morgan fingerprint density at radius 2 is 1.77 bits per heavy atom. The highest BCUT2D eigenvalue weighted by molar-refractivity contribution is 9.11. The van der Waals surface area contributed by atoms with E-state index in [4.69, 9.17) is 6.57 Å². The first kappa shape index (κ1) is 27.5. The number of hydrogen-bond acceptors (Lipinski definition) is 1. The van der Waals surface area contributed by atoms with Crippen molar-refractivity contribution in [1.29, 1.82) is 0 Å². The van der Waals surface area contributed by atoms with E-state index < -0.39 is 0 Å². The van der Waals surface area contributed by atoms with Crippen LogP contribution in [0.2, 0.25) is 0 Å². The summed E-state index contributed by atoms with van der Waals surface area (Å²) in [6.45, 7) is 13.5. The summed E-state index contributed by atoms with van der Waals surface area (Å²) in [6.07, 6.45) is 22.5. The molecule has 0 amide bonds. The molecule has 3 heterocycles. The molecule has 0 N–H and O–H groups in total. The number of benzene rings is 2. The third-order valence-electron chi connectivity index (χ3n) is 9.97. The number of nitrogens with zero attached hydrogens (tertiary/aromatic N) is 3. The van der Waals surface area contributed by atoms with E-state index in [-0.39, 0.29) is 5.41 Å². The molecule has 1 atom stereocenters. The standard InChI is InChI=1S/C36H43BrN3/c1-36(19-9-20-37)32-26-31(38-2)16-17-33(32)40(23-6-5-12-27-10-3-4-11-27)34(36)18-15-28-24-29-13-7-21-39-22-8-14-30(25-28)35(29)39/h9,15-18,20,24-27H,3-8,10-14,19,21-23H2,1H3/q+1/b20-9+. The lowest BCUT2D eigenvalue weighted by atomic mass is 9.76. The molecule has 208 valence electrons. The summed E-state index contributed by atoms with van der Waals surface area (Å²) < 4.78 is 2.58. The summed E-state index contributed by atoms with van der Waals surface area (Å²) >= 11 is 3.53. The minimum absolute atomic E-state index is 0.179. The Morgan fingerprint density at radius 3 is 2.48 bits per heavy atom. The van der Waals surface area contributed by atoms with Crippen molar-refractivity contribution in [3.05, 3.63) is 81.1 Å². The number of allylic oxidation sites excluding steroid dienone is 2. The van der Waals surface area contributed by atoms with Crippen molar-refractivity contribution >= 4 is 44.8 Å². The van der Waals surface area contributed by atoms with Gasteiger partial charge < -0.3 is 4.90 Å². The molecule has 0 aromatic heterocycles. The van der Waals surface area contributed by atoms with Crippen molar-refractivity contribution in [2.45, 2.75) is 89.4 Å². The fourth-order valence-electron chi connectivity index (χ4n) is 7.95. The molecule has 2 aromatic rings. The Kier molecular flexibility index (Phi) is 8.31. The predicted octanol–water partition coefficient (Wildman–Crippen LogP) is 9.67. The van der Waals surface area contributed by atoms with Crippen molar-refractivity contribution in [2.24, 2.45) is 5.92 Å². The van der Waals surface area contributed by atoms with E-state index in [0.717, 1.165) is 24.6 Å². The van der Waals surface area contributed by atoms with Crippen LogP contribution in [0.25, 0.3) is 10.9 Å². The van der Waals surface area contributed by atoms with Crippen molar-refractivity contribution in [2.75, 3.05) is 24.5 Å². The molecule has 4 heteroatoms. The van der Waals surface area contributed by atoms with Gasteiger partial charge in [-0.3, -0.25) is 0 Å². The van der Waals surface area contributed by atoms with Gasteiger partial charge in [-0.2, -0.15) is 4.58 Å². The molecule has 4 aliphatic rings. The smallest absolute Gasteiger partial charge is 0.207 e. The molecule has 3 nitrogen and oxygen atoms in total. The molecular formula is C36H43BrN3+. The summed E-state index contributed by atoms with van der Waals surface area (Å²) in [5.41, 5.74) is 10.5. The molecule has 0 radical (unpaired) electrons. The number of unbranched alkanes of at least 4 members (excludes halogenated alkanes) is 1. The van der Waals surface area contributed by atoms with E-state index in [1.54, 1.807) is 16.8 Å². The third kappa shape index (κ3) is 5.35. The summed E-state index contributed by atoms with van der Waals surface area (Å²) in [6, 6.07) is 11.3. The lowest BCUT2D eigenvalue weighted by molar-refractivity contribution is -0.438. The first-order chi connectivity index (χ1) is 19.6. The zero-order chi connectivity index (χ0) is 27.5. The average molecular weight is 598 g/mol. The van der Waals surface area contributed by atoms with Gasteiger partial charge in [-0.1, -0.05) is 54.1 Å². The van der Waals surface area contributed by atoms with Gasteiger partial charge in [0.05, 0.1) is 12.0 Å². The second-order valence-electron chi connectivity index (χ2n) is 12.6. The summed E-state index contributed by atoms with van der Waals surface area (Å²) in [7, 11) is 0. The molecule has 0 bridgehead atoms. The van der Waals surface area contributed by atoms with Crippen LogP contribution in [0.5, 0.6) is 0 Å². The van der Waals surface area contributed by atoms with Gasteiger partial charge in [0.25, 0.3) is 0 Å². The minimum Gasteiger partial charge on any atom is -0.371 e. The lowest BCUT2D eigenvalue weighted by Crippen LogP contribution is -2.34. The normalized spacial score (nSPS) is 22.4. The monoisotopic (exact) mass is 596 g/mol. The molecule has 2 aromatic carbocycles. The van der Waals surface area contributed by atoms with Crippen LogP contribution in [-0.4, -0.2) is 29.9 Å². The molecule has 6 rings (SSSR count). The molecule has 0 spiro atoms. The van der Waals surface area contributed by atoms with Crippen molar-refractivity contribution in [1.82, 2.24) is 0 Å². The van der Waals surface area contributed by atoms with Crippen LogP contribution < -0.4 is 4.90 Å². The SMILES string of the molecule is [C-]#[N+]c1ccc2c(c1)C(C)(C/C=C/Br)C(/C=C/c1cc3c4c(c1)CCCN4CCC3)=[N+]2CCCCC1CCCC1. The Bertz CT molecular complexity index is 1360. The molecule has 1 unspecified atom stereocenters. The van der Waals surface area contributed by atoms with Crippen LogP contribution in [0.3, 0.4) is 0 Å². The molecule has 0 saturated heterocycles.